The number of carbonyl (C=O) groups excluding carboxylic acids is 1. The van der Waals surface area contributed by atoms with Gasteiger partial charge < -0.3 is 20.3 Å². The molecule has 0 spiro atoms. The third kappa shape index (κ3) is 6.43. The molecule has 1 amide bonds. The fourth-order valence-electron chi connectivity index (χ4n) is 4.11. The van der Waals surface area contributed by atoms with E-state index in [0.29, 0.717) is 25.5 Å². The van der Waals surface area contributed by atoms with Crippen LogP contribution in [-0.2, 0) is 22.6 Å². The maximum Gasteiger partial charge on any atom is 0.229 e. The lowest BCUT2D eigenvalue weighted by Gasteiger charge is -2.27. The van der Waals surface area contributed by atoms with Crippen LogP contribution in [0.5, 0.6) is 0 Å². The zero-order valence-electron chi connectivity index (χ0n) is 18.5. The van der Waals surface area contributed by atoms with Gasteiger partial charge in [-0.15, -0.1) is 24.0 Å². The van der Waals surface area contributed by atoms with Gasteiger partial charge in [0.15, 0.2) is 5.96 Å². The van der Waals surface area contributed by atoms with Crippen molar-refractivity contribution in [2.45, 2.75) is 25.6 Å². The third-order valence-corrected chi connectivity index (χ3v) is 5.82. The first-order valence-electron chi connectivity index (χ1n) is 10.9. The number of nitrogens with zero attached hydrogens (tertiary/aromatic N) is 3. The summed E-state index contributed by atoms with van der Waals surface area (Å²) in [7, 11) is 1.76. The lowest BCUT2D eigenvalue weighted by molar-refractivity contribution is -0.117. The molecule has 1 atom stereocenters. The number of anilines is 1. The number of rotatable bonds is 6. The summed E-state index contributed by atoms with van der Waals surface area (Å²) in [6, 6.07) is 18.4. The van der Waals surface area contributed by atoms with E-state index < -0.39 is 0 Å². The van der Waals surface area contributed by atoms with Crippen LogP contribution < -0.4 is 15.5 Å². The molecule has 32 heavy (non-hydrogen) atoms. The van der Waals surface area contributed by atoms with Crippen LogP contribution >= 0.6 is 24.0 Å². The molecule has 0 bridgehead atoms. The summed E-state index contributed by atoms with van der Waals surface area (Å²) in [6.45, 7) is 5.79. The van der Waals surface area contributed by atoms with Gasteiger partial charge in [-0.3, -0.25) is 14.7 Å². The molecule has 172 valence electrons. The van der Waals surface area contributed by atoms with E-state index >= 15 is 0 Å². The van der Waals surface area contributed by atoms with Crippen LogP contribution in [0.4, 0.5) is 5.69 Å². The van der Waals surface area contributed by atoms with Crippen molar-refractivity contribution >= 4 is 41.5 Å². The van der Waals surface area contributed by atoms with Gasteiger partial charge in [-0.05, 0) is 23.3 Å². The molecule has 2 saturated heterocycles. The Hall–Kier alpha value is -2.17. The smallest absolute Gasteiger partial charge is 0.229 e. The van der Waals surface area contributed by atoms with Gasteiger partial charge >= 0.3 is 0 Å². The minimum absolute atomic E-state index is 0. The van der Waals surface area contributed by atoms with Crippen molar-refractivity contribution in [3.63, 3.8) is 0 Å². The molecule has 0 saturated carbocycles. The van der Waals surface area contributed by atoms with Gasteiger partial charge in [0, 0.05) is 51.9 Å². The highest BCUT2D eigenvalue weighted by molar-refractivity contribution is 14.0. The average molecular weight is 549 g/mol. The molecule has 7 nitrogen and oxygen atoms in total. The number of hydrogen-bond acceptors (Lipinski definition) is 4. The molecule has 8 heteroatoms. The van der Waals surface area contributed by atoms with Gasteiger partial charge in [-0.2, -0.15) is 0 Å². The quantitative estimate of drug-likeness (QED) is 0.330. The number of carbonyl (C=O) groups is 1. The number of hydrogen-bond donors (Lipinski definition) is 2. The Balaban J connectivity index is 0.00000289. The van der Waals surface area contributed by atoms with Gasteiger partial charge in [0.2, 0.25) is 5.91 Å². The van der Waals surface area contributed by atoms with Crippen LogP contribution in [-0.4, -0.2) is 62.7 Å². The number of para-hydroxylation sites is 1. The van der Waals surface area contributed by atoms with Gasteiger partial charge in [-0.25, -0.2) is 0 Å². The van der Waals surface area contributed by atoms with E-state index in [9.17, 15) is 4.79 Å². The summed E-state index contributed by atoms with van der Waals surface area (Å²) in [5, 5.41) is 6.84. The number of morpholine rings is 1. The van der Waals surface area contributed by atoms with Crippen molar-refractivity contribution in [2.24, 2.45) is 4.99 Å². The summed E-state index contributed by atoms with van der Waals surface area (Å²) < 4.78 is 5.46. The molecule has 2 aliphatic heterocycles. The SMILES string of the molecule is CN=C(NCc1ccccc1CN1CCOCC1)NC1CC(=O)N(c2ccccc2)C1.I. The number of benzene rings is 2. The Morgan fingerprint density at radius 3 is 2.47 bits per heavy atom. The Labute approximate surface area is 207 Å². The van der Waals surface area contributed by atoms with Crippen molar-refractivity contribution in [2.75, 3.05) is 44.8 Å². The van der Waals surface area contributed by atoms with Gasteiger partial charge in [0.25, 0.3) is 0 Å². The fraction of sp³-hybridized carbons (Fsp3) is 0.417. The van der Waals surface area contributed by atoms with Crippen LogP contribution in [0.15, 0.2) is 59.6 Å². The van der Waals surface area contributed by atoms with Gasteiger partial charge in [-0.1, -0.05) is 42.5 Å². The van der Waals surface area contributed by atoms with Gasteiger partial charge in [0.1, 0.15) is 0 Å². The Morgan fingerprint density at radius 2 is 1.75 bits per heavy atom. The van der Waals surface area contributed by atoms with Crippen molar-refractivity contribution < 1.29 is 9.53 Å². The second-order valence-corrected chi connectivity index (χ2v) is 7.97. The van der Waals surface area contributed by atoms with Crippen LogP contribution in [0.2, 0.25) is 0 Å². The summed E-state index contributed by atoms with van der Waals surface area (Å²) >= 11 is 0. The first-order valence-corrected chi connectivity index (χ1v) is 10.9. The minimum atomic E-state index is 0. The highest BCUT2D eigenvalue weighted by atomic mass is 127. The predicted octanol–water partition coefficient (Wildman–Crippen LogP) is 2.61. The maximum atomic E-state index is 12.5. The van der Waals surface area contributed by atoms with Crippen LogP contribution in [0.1, 0.15) is 17.5 Å². The molecule has 2 aromatic carbocycles. The van der Waals surface area contributed by atoms with E-state index in [1.807, 2.05) is 35.2 Å². The van der Waals surface area contributed by atoms with E-state index in [4.69, 9.17) is 4.74 Å². The number of halogens is 1. The van der Waals surface area contributed by atoms with Crippen molar-refractivity contribution in [1.29, 1.82) is 0 Å². The Morgan fingerprint density at radius 1 is 1.06 bits per heavy atom. The molecule has 2 aromatic rings. The second-order valence-electron chi connectivity index (χ2n) is 7.97. The van der Waals surface area contributed by atoms with E-state index in [1.165, 1.54) is 11.1 Å². The first kappa shape index (κ1) is 24.5. The lowest BCUT2D eigenvalue weighted by Crippen LogP contribution is -2.44. The molecular formula is C24H32IN5O2. The number of amides is 1. The fourth-order valence-corrected chi connectivity index (χ4v) is 4.11. The monoisotopic (exact) mass is 549 g/mol. The summed E-state index contributed by atoms with van der Waals surface area (Å²) in [4.78, 5) is 21.1. The summed E-state index contributed by atoms with van der Waals surface area (Å²) in [6.07, 6.45) is 0.462. The molecule has 2 heterocycles. The molecule has 0 aromatic heterocycles. The van der Waals surface area contributed by atoms with Crippen molar-refractivity contribution in [1.82, 2.24) is 15.5 Å². The molecule has 2 N–H and O–H groups in total. The number of nitrogens with one attached hydrogen (secondary N) is 2. The topological polar surface area (TPSA) is 69.2 Å². The van der Waals surface area contributed by atoms with E-state index in [0.717, 1.165) is 38.5 Å². The molecule has 0 radical (unpaired) electrons. The Bertz CT molecular complexity index is 902. The molecule has 0 aliphatic carbocycles. The minimum Gasteiger partial charge on any atom is -0.379 e. The summed E-state index contributed by atoms with van der Waals surface area (Å²) in [5.74, 6) is 0.851. The predicted molar refractivity (Wildman–Crippen MR) is 138 cm³/mol. The van der Waals surface area contributed by atoms with Crippen molar-refractivity contribution in [3.05, 3.63) is 65.7 Å². The zero-order chi connectivity index (χ0) is 21.5. The summed E-state index contributed by atoms with van der Waals surface area (Å²) in [5.41, 5.74) is 3.51. The lowest BCUT2D eigenvalue weighted by atomic mass is 10.1. The second kappa shape index (κ2) is 12.2. The zero-order valence-corrected chi connectivity index (χ0v) is 20.8. The van der Waals surface area contributed by atoms with E-state index in [-0.39, 0.29) is 35.9 Å². The molecule has 4 rings (SSSR count). The molecular weight excluding hydrogens is 517 g/mol. The number of ether oxygens (including phenoxy) is 1. The highest BCUT2D eigenvalue weighted by Crippen LogP contribution is 2.21. The van der Waals surface area contributed by atoms with Crippen LogP contribution in [0, 0.1) is 0 Å². The van der Waals surface area contributed by atoms with E-state index in [1.54, 1.807) is 7.05 Å². The van der Waals surface area contributed by atoms with Crippen LogP contribution in [0.3, 0.4) is 0 Å². The normalized spacial score (nSPS) is 19.5. The highest BCUT2D eigenvalue weighted by Gasteiger charge is 2.31. The Kier molecular flexibility index (Phi) is 9.31. The maximum absolute atomic E-state index is 12.5. The molecule has 1 unspecified atom stereocenters. The molecule has 2 fully saturated rings. The average Bonchev–Trinajstić information content (AvgIpc) is 3.18. The van der Waals surface area contributed by atoms with E-state index in [2.05, 4.69) is 44.8 Å². The first-order chi connectivity index (χ1) is 15.2. The molecule has 2 aliphatic rings. The number of aliphatic imine (C=N–C) groups is 1. The number of guanidine groups is 1. The largest absolute Gasteiger partial charge is 0.379 e. The standard InChI is InChI=1S/C24H31N5O2.HI/c1-25-24(27-21-15-23(30)29(18-21)22-9-3-2-4-10-22)26-16-19-7-5-6-8-20(19)17-28-11-13-31-14-12-28;/h2-10,21H,11-18H2,1H3,(H2,25,26,27);1H. The van der Waals surface area contributed by atoms with Crippen LogP contribution in [0.25, 0.3) is 0 Å². The van der Waals surface area contributed by atoms with Gasteiger partial charge in [0.05, 0.1) is 19.3 Å². The third-order valence-electron chi connectivity index (χ3n) is 5.82. The van der Waals surface area contributed by atoms with Crippen molar-refractivity contribution in [3.8, 4) is 0 Å².